The maximum Gasteiger partial charge on any atom is 0.0340 e. The molecule has 2 aromatic carbocycles. The van der Waals surface area contributed by atoms with Crippen LogP contribution in [0.15, 0.2) is 59.5 Å². The smallest absolute Gasteiger partial charge is 0.0340 e. The van der Waals surface area contributed by atoms with Gasteiger partial charge in [0.05, 0.1) is 0 Å². The van der Waals surface area contributed by atoms with E-state index in [9.17, 15) is 0 Å². The van der Waals surface area contributed by atoms with Crippen molar-refractivity contribution in [2.75, 3.05) is 47.3 Å². The summed E-state index contributed by atoms with van der Waals surface area (Å²) in [4.78, 5) is 3.85. The van der Waals surface area contributed by atoms with Gasteiger partial charge in [-0.25, -0.2) is 12.9 Å². The first-order chi connectivity index (χ1) is 14.1. The molecule has 160 valence electrons. The maximum atomic E-state index is 2.55. The molecular formula is C23H36N4S2. The molecule has 1 aliphatic rings. The fourth-order valence-corrected chi connectivity index (χ4v) is 4.79. The molecule has 0 spiro atoms. The Hall–Kier alpha value is -1.02. The van der Waals surface area contributed by atoms with E-state index in [1.165, 1.54) is 16.0 Å². The molecule has 0 amide bonds. The summed E-state index contributed by atoms with van der Waals surface area (Å²) in [7, 11) is 6.36. The van der Waals surface area contributed by atoms with Crippen LogP contribution in [0.5, 0.6) is 0 Å². The van der Waals surface area contributed by atoms with E-state index in [-0.39, 0.29) is 0 Å². The van der Waals surface area contributed by atoms with Gasteiger partial charge in [0, 0.05) is 56.3 Å². The predicted molar refractivity (Wildman–Crippen MR) is 130 cm³/mol. The summed E-state index contributed by atoms with van der Waals surface area (Å²) in [5.41, 5.74) is 2.74. The standard InChI is InChI=1S/C21H30N4S2.C2H6/c1-22(2)27-25-15-13-24(14-16-25)18-20-9-11-21(12-10-20)26-23(3)17-19-7-5-4-6-8-19;1-2/h4-12H,13-18H2,1-3H3;1-2H3. The van der Waals surface area contributed by atoms with Crippen LogP contribution in [0, 0.1) is 0 Å². The van der Waals surface area contributed by atoms with Crippen LogP contribution in [0.25, 0.3) is 0 Å². The van der Waals surface area contributed by atoms with E-state index in [0.29, 0.717) is 0 Å². The molecule has 3 rings (SSSR count). The first-order valence-electron chi connectivity index (χ1n) is 10.4. The van der Waals surface area contributed by atoms with Crippen LogP contribution in [-0.2, 0) is 13.1 Å². The minimum absolute atomic E-state index is 0.947. The number of nitrogens with zero attached hydrogens (tertiary/aromatic N) is 4. The van der Waals surface area contributed by atoms with Crippen molar-refractivity contribution in [1.82, 2.24) is 17.8 Å². The number of hydrogen-bond donors (Lipinski definition) is 0. The molecule has 1 saturated heterocycles. The summed E-state index contributed by atoms with van der Waals surface area (Å²) in [6.45, 7) is 10.5. The summed E-state index contributed by atoms with van der Waals surface area (Å²) in [6.07, 6.45) is 0. The average Bonchev–Trinajstić information content (AvgIpc) is 2.73. The van der Waals surface area contributed by atoms with Gasteiger partial charge in [-0.15, -0.1) is 0 Å². The van der Waals surface area contributed by atoms with Crippen LogP contribution in [0.3, 0.4) is 0 Å². The lowest BCUT2D eigenvalue weighted by Crippen LogP contribution is -2.43. The van der Waals surface area contributed by atoms with Gasteiger partial charge >= 0.3 is 0 Å². The molecule has 0 N–H and O–H groups in total. The Bertz CT molecular complexity index is 671. The third-order valence-electron chi connectivity index (χ3n) is 4.45. The van der Waals surface area contributed by atoms with Gasteiger partial charge in [0.2, 0.25) is 0 Å². The van der Waals surface area contributed by atoms with Crippen molar-refractivity contribution in [1.29, 1.82) is 0 Å². The first-order valence-corrected chi connectivity index (χ1v) is 11.9. The van der Waals surface area contributed by atoms with E-state index in [1.807, 2.05) is 26.0 Å². The van der Waals surface area contributed by atoms with Gasteiger partial charge in [-0.05, 0) is 56.4 Å². The van der Waals surface area contributed by atoms with Crippen molar-refractivity contribution in [3.05, 3.63) is 65.7 Å². The zero-order valence-electron chi connectivity index (χ0n) is 18.5. The number of hydrogen-bond acceptors (Lipinski definition) is 6. The zero-order chi connectivity index (χ0) is 21.1. The second-order valence-corrected chi connectivity index (χ2v) is 9.79. The Labute approximate surface area is 186 Å². The van der Waals surface area contributed by atoms with Crippen LogP contribution in [0.1, 0.15) is 25.0 Å². The Kier molecular flexibility index (Phi) is 11.1. The minimum atomic E-state index is 0.947. The second kappa shape index (κ2) is 13.3. The van der Waals surface area contributed by atoms with Crippen molar-refractivity contribution >= 4 is 24.1 Å². The third kappa shape index (κ3) is 9.11. The third-order valence-corrected chi connectivity index (χ3v) is 6.30. The highest BCUT2D eigenvalue weighted by Crippen LogP contribution is 2.24. The maximum absolute atomic E-state index is 2.55. The van der Waals surface area contributed by atoms with E-state index < -0.39 is 0 Å². The van der Waals surface area contributed by atoms with Gasteiger partial charge in [0.1, 0.15) is 0 Å². The largest absolute Gasteiger partial charge is 0.296 e. The molecule has 2 aromatic rings. The summed E-state index contributed by atoms with van der Waals surface area (Å²) < 4.78 is 6.89. The number of benzene rings is 2. The van der Waals surface area contributed by atoms with E-state index in [4.69, 9.17) is 0 Å². The van der Waals surface area contributed by atoms with Gasteiger partial charge in [0.25, 0.3) is 0 Å². The fraction of sp³-hybridized carbons (Fsp3) is 0.478. The molecule has 1 aliphatic heterocycles. The van der Waals surface area contributed by atoms with Crippen molar-refractivity contribution < 1.29 is 0 Å². The Morgan fingerprint density at radius 3 is 2.00 bits per heavy atom. The summed E-state index contributed by atoms with van der Waals surface area (Å²) in [5.74, 6) is 0. The highest BCUT2D eigenvalue weighted by Gasteiger charge is 2.18. The van der Waals surface area contributed by atoms with Gasteiger partial charge in [0.15, 0.2) is 0 Å². The molecule has 0 unspecified atom stereocenters. The van der Waals surface area contributed by atoms with Gasteiger partial charge < -0.3 is 0 Å². The topological polar surface area (TPSA) is 13.0 Å². The zero-order valence-corrected chi connectivity index (χ0v) is 20.2. The van der Waals surface area contributed by atoms with Crippen LogP contribution in [0.2, 0.25) is 0 Å². The number of rotatable bonds is 8. The second-order valence-electron chi connectivity index (χ2n) is 7.11. The normalized spacial score (nSPS) is 15.4. The molecule has 1 fully saturated rings. The van der Waals surface area contributed by atoms with Crippen molar-refractivity contribution in [3.8, 4) is 0 Å². The van der Waals surface area contributed by atoms with Crippen molar-refractivity contribution in [2.45, 2.75) is 31.8 Å². The molecule has 0 aliphatic carbocycles. The van der Waals surface area contributed by atoms with Crippen molar-refractivity contribution in [3.63, 3.8) is 0 Å². The lowest BCUT2D eigenvalue weighted by atomic mass is 10.2. The Morgan fingerprint density at radius 2 is 1.41 bits per heavy atom. The highest BCUT2D eigenvalue weighted by molar-refractivity contribution is 7.97. The summed E-state index contributed by atoms with van der Waals surface area (Å²) >= 11 is 3.63. The van der Waals surface area contributed by atoms with Crippen LogP contribution in [-0.4, -0.2) is 65.1 Å². The molecule has 4 nitrogen and oxygen atoms in total. The Balaban J connectivity index is 0.00000145. The number of piperazine rings is 1. The quantitative estimate of drug-likeness (QED) is 0.535. The summed E-state index contributed by atoms with van der Waals surface area (Å²) in [6, 6.07) is 19.7. The molecule has 0 saturated carbocycles. The molecule has 0 atom stereocenters. The lowest BCUT2D eigenvalue weighted by molar-refractivity contribution is 0.187. The fourth-order valence-electron chi connectivity index (χ4n) is 3.17. The molecule has 6 heteroatoms. The predicted octanol–water partition coefficient (Wildman–Crippen LogP) is 5.09. The molecule has 1 heterocycles. The van der Waals surface area contributed by atoms with Gasteiger partial charge in [-0.2, -0.15) is 0 Å². The van der Waals surface area contributed by atoms with Crippen LogP contribution in [0.4, 0.5) is 0 Å². The molecule has 0 radical (unpaired) electrons. The monoisotopic (exact) mass is 432 g/mol. The molecule has 29 heavy (non-hydrogen) atoms. The molecular weight excluding hydrogens is 396 g/mol. The van der Waals surface area contributed by atoms with Crippen molar-refractivity contribution in [2.24, 2.45) is 0 Å². The molecule has 0 aromatic heterocycles. The van der Waals surface area contributed by atoms with E-state index in [0.717, 1.165) is 39.3 Å². The average molecular weight is 433 g/mol. The Morgan fingerprint density at radius 1 is 0.793 bits per heavy atom. The highest BCUT2D eigenvalue weighted by atomic mass is 32.2. The van der Waals surface area contributed by atoms with Gasteiger partial charge in [-0.1, -0.05) is 56.3 Å². The minimum Gasteiger partial charge on any atom is -0.296 e. The van der Waals surface area contributed by atoms with E-state index >= 15 is 0 Å². The van der Waals surface area contributed by atoms with Crippen LogP contribution < -0.4 is 0 Å². The lowest BCUT2D eigenvalue weighted by Gasteiger charge is -2.34. The summed E-state index contributed by atoms with van der Waals surface area (Å²) in [5, 5.41) is 0. The first kappa shape index (κ1) is 24.3. The van der Waals surface area contributed by atoms with Gasteiger partial charge in [-0.3, -0.25) is 4.90 Å². The SMILES string of the molecule is CC.CN(C)SN1CCN(Cc2ccc(SN(C)Cc3ccccc3)cc2)CC1. The van der Waals surface area contributed by atoms with E-state index in [1.54, 1.807) is 11.9 Å². The van der Waals surface area contributed by atoms with E-state index in [2.05, 4.69) is 93.6 Å². The molecule has 0 bridgehead atoms. The van der Waals surface area contributed by atoms with Crippen LogP contribution >= 0.6 is 24.1 Å².